The van der Waals surface area contributed by atoms with Gasteiger partial charge in [-0.2, -0.15) is 0 Å². The van der Waals surface area contributed by atoms with Gasteiger partial charge in [0.2, 0.25) is 18.7 Å². The molecule has 0 saturated heterocycles. The van der Waals surface area contributed by atoms with Gasteiger partial charge in [0.1, 0.15) is 13.5 Å². The maximum Gasteiger partial charge on any atom is 1.00 e. The van der Waals surface area contributed by atoms with Crippen LogP contribution in [-0.4, -0.2) is 104 Å². The van der Waals surface area contributed by atoms with E-state index in [2.05, 4.69) is 58.1 Å². The normalized spacial score (nSPS) is 11.6. The van der Waals surface area contributed by atoms with Crippen LogP contribution >= 0.6 is 27.2 Å². The molecule has 74 heavy (non-hydrogen) atoms. The van der Waals surface area contributed by atoms with Crippen molar-refractivity contribution in [2.24, 2.45) is 0 Å². The maximum absolute atomic E-state index is 12.8. The molecular weight excluding hydrogens is 1050 g/mol. The molecule has 6 rings (SSSR count). The number of alkyl halides is 1. The number of rotatable bonds is 18. The van der Waals surface area contributed by atoms with Crippen molar-refractivity contribution in [2.75, 3.05) is 37.7 Å². The topological polar surface area (TPSA) is 343 Å². The molecule has 4 N–H and O–H groups in total. The molecule has 2 aromatic heterocycles. The fourth-order valence-electron chi connectivity index (χ4n) is 5.73. The Hall–Kier alpha value is -6.25. The first-order valence-corrected chi connectivity index (χ1v) is 24.5. The zero-order chi connectivity index (χ0) is 53.9. The Morgan fingerprint density at radius 1 is 0.622 bits per heavy atom. The molecule has 2 heterocycles. The number of carbonyl (C=O) groups excluding carboxylic acids is 6. The van der Waals surface area contributed by atoms with E-state index in [1.807, 2.05) is 0 Å². The predicted octanol–water partition coefficient (Wildman–Crippen LogP) is 4.68. The van der Waals surface area contributed by atoms with Gasteiger partial charge < -0.3 is 43.1 Å². The predicted molar refractivity (Wildman–Crippen MR) is 255 cm³/mol. The summed E-state index contributed by atoms with van der Waals surface area (Å²) in [5, 5.41) is 4.69. The van der Waals surface area contributed by atoms with Crippen LogP contribution in [0, 0.1) is 0 Å². The molecule has 0 bridgehead atoms. The zero-order valence-corrected chi connectivity index (χ0v) is 45.1. The Balaban J connectivity index is 0.000000337. The number of nitrogens with one attached hydrogen (secondary N) is 2. The SMILES string of the molecule is CC(C)OC(=O)OCCl.COC(=O)Nc1nc2cc(C(=O)c3ccccc3)ccc2n1COP(=O)(O)O.COC(=O)Nc1nc2cc(C(=O)c3ccccc3)ccc2n1COP(=O)([O-])OCOC(=O)OC(C)C.[Na+]. The van der Waals surface area contributed by atoms with Crippen LogP contribution in [-0.2, 0) is 64.6 Å². The number of methoxy groups -OCH3 is 2. The number of ketones is 2. The number of hydrogen-bond donors (Lipinski definition) is 4. The van der Waals surface area contributed by atoms with E-state index >= 15 is 0 Å². The van der Waals surface area contributed by atoms with Crippen LogP contribution < -0.4 is 45.1 Å². The number of imidazole rings is 2. The number of halogens is 1. The molecule has 0 spiro atoms. The smallest absolute Gasteiger partial charge is 0.756 e. The third-order valence-corrected chi connectivity index (χ3v) is 10.2. The largest absolute Gasteiger partial charge is 1.00 e. The van der Waals surface area contributed by atoms with E-state index in [0.29, 0.717) is 38.8 Å². The van der Waals surface area contributed by atoms with Crippen molar-refractivity contribution in [1.29, 1.82) is 0 Å². The van der Waals surface area contributed by atoms with Crippen molar-refractivity contribution >= 4 is 97.3 Å². The molecule has 0 aliphatic rings. The van der Waals surface area contributed by atoms with Gasteiger partial charge in [0, 0.05) is 22.3 Å². The molecule has 6 aromatic rings. The summed E-state index contributed by atoms with van der Waals surface area (Å²) in [5.74, 6) is -0.636. The minimum atomic E-state index is -4.96. The Kier molecular flexibility index (Phi) is 24.8. The van der Waals surface area contributed by atoms with Crippen LogP contribution in [0.1, 0.15) is 59.5 Å². The number of hydrogen-bond acceptors (Lipinski definition) is 20. The van der Waals surface area contributed by atoms with Gasteiger partial charge in [-0.3, -0.25) is 47.5 Å². The van der Waals surface area contributed by atoms with E-state index in [1.165, 1.54) is 33.4 Å². The van der Waals surface area contributed by atoms with Crippen LogP contribution in [0.5, 0.6) is 0 Å². The molecule has 26 nitrogen and oxygen atoms in total. The number of aromatic nitrogens is 4. The molecular formula is C44H48ClN6NaO20P2. The van der Waals surface area contributed by atoms with Crippen LogP contribution in [0.25, 0.3) is 22.1 Å². The number of anilines is 2. The van der Waals surface area contributed by atoms with Crippen molar-refractivity contribution < 1.29 is 124 Å². The van der Waals surface area contributed by atoms with Gasteiger partial charge in [0.15, 0.2) is 17.6 Å². The molecule has 0 saturated carbocycles. The summed E-state index contributed by atoms with van der Waals surface area (Å²) in [5.41, 5.74) is 2.98. The summed E-state index contributed by atoms with van der Waals surface area (Å²) in [6, 6.07) is 26.2. The average molecular weight is 1100 g/mol. The molecule has 2 amide bonds. The fraction of sp³-hybridized carbons (Fsp3) is 0.273. The van der Waals surface area contributed by atoms with Gasteiger partial charge in [-0.25, -0.2) is 33.7 Å². The molecule has 4 aromatic carbocycles. The van der Waals surface area contributed by atoms with E-state index in [0.717, 1.165) is 14.2 Å². The minimum Gasteiger partial charge on any atom is -0.756 e. The van der Waals surface area contributed by atoms with Crippen molar-refractivity contribution in [3.8, 4) is 0 Å². The number of amides is 2. The Bertz CT molecular complexity index is 2970. The Labute approximate surface area is 448 Å². The minimum absolute atomic E-state index is 0. The van der Waals surface area contributed by atoms with E-state index in [9.17, 15) is 42.8 Å². The number of phosphoric ester groups is 2. The standard InChI is InChI=1S/C22H24N3O10P.C17H16N3O7P.C5H9ClO3.Na/c1-14(2)35-22(28)32-13-34-36(29,30)33-12-25-18-10-9-16(19(26)15-7-5-4-6-8-15)11-17(18)23-20(25)24-21(27)31-3;1-26-17(22)19-16-18-13-9-12(15(21)11-5-3-2-4-6-11)7-8-14(13)20(16)10-27-28(23,24)25;1-4(2)9-5(7)8-3-6;/h4-11,14H,12-13H2,1-3H3,(H,29,30)(H,23,24,27);2-9H,10H2,1H3,(H,18,19,22)(H2,23,24,25);4H,3H2,1-2H3;/q;;;+1/p-1. The third kappa shape index (κ3) is 19.9. The zero-order valence-electron chi connectivity index (χ0n) is 40.5. The number of ether oxygens (including phenoxy) is 6. The molecule has 0 radical (unpaired) electrons. The Morgan fingerprint density at radius 3 is 1.41 bits per heavy atom. The molecule has 0 fully saturated rings. The van der Waals surface area contributed by atoms with E-state index < -0.39 is 66.5 Å². The second kappa shape index (κ2) is 29.6. The average Bonchev–Trinajstić information content (AvgIpc) is 3.87. The summed E-state index contributed by atoms with van der Waals surface area (Å²) in [4.78, 5) is 109. The molecule has 0 aliphatic heterocycles. The fourth-order valence-corrected chi connectivity index (χ4v) is 6.59. The first-order valence-electron chi connectivity index (χ1n) is 21.0. The van der Waals surface area contributed by atoms with Gasteiger partial charge in [-0.1, -0.05) is 72.3 Å². The van der Waals surface area contributed by atoms with Crippen LogP contribution in [0.4, 0.5) is 31.1 Å². The monoisotopic (exact) mass is 1100 g/mol. The quantitative estimate of drug-likeness (QED) is 0.0172. The Morgan fingerprint density at radius 2 is 1.03 bits per heavy atom. The number of benzene rings is 4. The molecule has 1 unspecified atom stereocenters. The van der Waals surface area contributed by atoms with Crippen LogP contribution in [0.3, 0.4) is 0 Å². The molecule has 30 heteroatoms. The van der Waals surface area contributed by atoms with Crippen molar-refractivity contribution in [3.63, 3.8) is 0 Å². The van der Waals surface area contributed by atoms with E-state index in [4.69, 9.17) is 25.9 Å². The number of carbonyl (C=O) groups is 6. The van der Waals surface area contributed by atoms with Gasteiger partial charge in [-0.05, 0) is 64.1 Å². The van der Waals surface area contributed by atoms with Crippen LogP contribution in [0.2, 0.25) is 0 Å². The summed E-state index contributed by atoms with van der Waals surface area (Å²) in [7, 11) is -7.42. The first-order chi connectivity index (χ1) is 34.5. The van der Waals surface area contributed by atoms with Gasteiger partial charge >= 0.3 is 61.9 Å². The third-order valence-electron chi connectivity index (χ3n) is 8.82. The molecule has 392 valence electrons. The second-order valence-corrected chi connectivity index (χ2v) is 17.6. The van der Waals surface area contributed by atoms with Gasteiger partial charge in [0.25, 0.3) is 7.82 Å². The summed E-state index contributed by atoms with van der Waals surface area (Å²) in [6.45, 7) is 4.42. The second-order valence-electron chi connectivity index (χ2n) is 14.7. The van der Waals surface area contributed by atoms with Gasteiger partial charge in [-0.15, -0.1) is 0 Å². The van der Waals surface area contributed by atoms with Crippen molar-refractivity contribution in [1.82, 2.24) is 19.1 Å². The summed E-state index contributed by atoms with van der Waals surface area (Å²) >= 11 is 5.06. The van der Waals surface area contributed by atoms with Crippen molar-refractivity contribution in [2.45, 2.75) is 53.4 Å². The van der Waals surface area contributed by atoms with Crippen molar-refractivity contribution in [3.05, 3.63) is 119 Å². The van der Waals surface area contributed by atoms with Crippen LogP contribution in [0.15, 0.2) is 97.1 Å². The van der Waals surface area contributed by atoms with E-state index in [-0.39, 0.29) is 70.7 Å². The maximum atomic E-state index is 12.8. The molecule has 0 aliphatic carbocycles. The first kappa shape index (κ1) is 62.0. The number of phosphoric acid groups is 2. The van der Waals surface area contributed by atoms with Gasteiger partial charge in [0.05, 0.1) is 48.5 Å². The molecule has 1 atom stereocenters. The van der Waals surface area contributed by atoms with E-state index in [1.54, 1.807) is 100 Å². The number of nitrogens with zero attached hydrogens (tertiary/aromatic N) is 4. The summed E-state index contributed by atoms with van der Waals surface area (Å²) in [6.07, 6.45) is -4.15. The number of fused-ring (bicyclic) bond motifs is 2. The summed E-state index contributed by atoms with van der Waals surface area (Å²) < 4.78 is 66.6.